The number of rotatable bonds is 1. The summed E-state index contributed by atoms with van der Waals surface area (Å²) >= 11 is 3.23. The Bertz CT molecular complexity index is 240. The van der Waals surface area contributed by atoms with Crippen molar-refractivity contribution in [3.05, 3.63) is 29.6 Å². The first-order valence-electron chi connectivity index (χ1n) is 2.84. The average molecular weight is 285 g/mol. The van der Waals surface area contributed by atoms with Gasteiger partial charge in [-0.05, 0) is 17.7 Å². The van der Waals surface area contributed by atoms with Crippen LogP contribution in [-0.2, 0) is 5.33 Å². The van der Waals surface area contributed by atoms with Crippen molar-refractivity contribution >= 4 is 38.6 Å². The first-order valence-corrected chi connectivity index (χ1v) is 3.96. The molecule has 0 heterocycles. The highest BCUT2D eigenvalue weighted by molar-refractivity contribution is 9.08. The molecule has 0 bridgehead atoms. The summed E-state index contributed by atoms with van der Waals surface area (Å²) in [5.74, 6) is -0.290. The molecular weight excluding hydrogens is 277 g/mol. The van der Waals surface area contributed by atoms with E-state index in [9.17, 15) is 4.39 Å². The fourth-order valence-corrected chi connectivity index (χ4v) is 1.20. The molecule has 0 unspecified atom stereocenters. The lowest BCUT2D eigenvalue weighted by atomic mass is 10.2. The first-order chi connectivity index (χ1) is 4.74. The molecule has 1 aromatic rings. The molecule has 0 aromatic heterocycles. The van der Waals surface area contributed by atoms with Gasteiger partial charge in [-0.15, -0.1) is 17.0 Å². The Hall–Kier alpha value is -0.0900. The third-order valence-corrected chi connectivity index (χ3v) is 1.86. The lowest BCUT2D eigenvalue weighted by Crippen LogP contribution is -1.91. The fraction of sp³-hybridized carbons (Fsp3) is 0.143. The van der Waals surface area contributed by atoms with E-state index in [1.54, 1.807) is 6.07 Å². The van der Waals surface area contributed by atoms with E-state index in [2.05, 4.69) is 15.9 Å². The third-order valence-electron chi connectivity index (χ3n) is 1.25. The van der Waals surface area contributed by atoms with Gasteiger partial charge in [0, 0.05) is 11.0 Å². The Morgan fingerprint density at radius 2 is 2.09 bits per heavy atom. The Kier molecular flexibility index (Phi) is 4.68. The molecule has 0 saturated heterocycles. The van der Waals surface area contributed by atoms with Gasteiger partial charge in [-0.3, -0.25) is 0 Å². The van der Waals surface area contributed by atoms with Gasteiger partial charge in [0.2, 0.25) is 0 Å². The molecule has 1 rings (SSSR count). The maximum atomic E-state index is 12.4. The standard InChI is InChI=1S/C7H7BrFN.BrH/c8-4-5-1-2-6(9)3-7(5)10;/h1-3H,4,10H2;1H. The molecule has 62 valence electrons. The summed E-state index contributed by atoms with van der Waals surface area (Å²) in [5, 5.41) is 0.666. The number of alkyl halides is 1. The van der Waals surface area contributed by atoms with Crippen molar-refractivity contribution in [2.45, 2.75) is 5.33 Å². The zero-order valence-electron chi connectivity index (χ0n) is 5.68. The van der Waals surface area contributed by atoms with Crippen LogP contribution in [-0.4, -0.2) is 0 Å². The largest absolute Gasteiger partial charge is 0.398 e. The quantitative estimate of drug-likeness (QED) is 0.623. The highest BCUT2D eigenvalue weighted by Gasteiger charge is 1.97. The summed E-state index contributed by atoms with van der Waals surface area (Å²) in [7, 11) is 0. The number of anilines is 1. The summed E-state index contributed by atoms with van der Waals surface area (Å²) < 4.78 is 12.4. The van der Waals surface area contributed by atoms with Gasteiger partial charge in [0.15, 0.2) is 0 Å². The number of nitrogens with two attached hydrogens (primary N) is 1. The van der Waals surface area contributed by atoms with E-state index < -0.39 is 0 Å². The molecule has 0 aliphatic rings. The highest BCUT2D eigenvalue weighted by Crippen LogP contribution is 2.15. The van der Waals surface area contributed by atoms with Gasteiger partial charge in [0.1, 0.15) is 5.82 Å². The predicted molar refractivity (Wildman–Crippen MR) is 53.8 cm³/mol. The van der Waals surface area contributed by atoms with Crippen LogP contribution in [0.3, 0.4) is 0 Å². The van der Waals surface area contributed by atoms with E-state index in [0.29, 0.717) is 11.0 Å². The molecule has 0 saturated carbocycles. The lowest BCUT2D eigenvalue weighted by molar-refractivity contribution is 0.628. The first kappa shape index (κ1) is 10.9. The Labute approximate surface area is 83.7 Å². The van der Waals surface area contributed by atoms with Crippen LogP contribution >= 0.6 is 32.9 Å². The lowest BCUT2D eigenvalue weighted by Gasteiger charge is -1.99. The zero-order valence-corrected chi connectivity index (χ0v) is 8.98. The number of halogens is 3. The van der Waals surface area contributed by atoms with Crippen LogP contribution in [0.15, 0.2) is 18.2 Å². The van der Waals surface area contributed by atoms with Gasteiger partial charge in [-0.25, -0.2) is 4.39 Å². The van der Waals surface area contributed by atoms with E-state index in [-0.39, 0.29) is 22.8 Å². The molecule has 0 atom stereocenters. The van der Waals surface area contributed by atoms with Crippen LogP contribution in [0, 0.1) is 5.82 Å². The van der Waals surface area contributed by atoms with Gasteiger partial charge in [0.05, 0.1) is 0 Å². The van der Waals surface area contributed by atoms with Crippen LogP contribution in [0.1, 0.15) is 5.56 Å². The van der Waals surface area contributed by atoms with Crippen molar-refractivity contribution in [1.82, 2.24) is 0 Å². The van der Waals surface area contributed by atoms with Crippen molar-refractivity contribution in [2.75, 3.05) is 5.73 Å². The number of benzene rings is 1. The normalized spacial score (nSPS) is 8.91. The van der Waals surface area contributed by atoms with Gasteiger partial charge >= 0.3 is 0 Å². The molecule has 11 heavy (non-hydrogen) atoms. The highest BCUT2D eigenvalue weighted by atomic mass is 79.9. The Morgan fingerprint density at radius 3 is 2.55 bits per heavy atom. The molecule has 0 amide bonds. The van der Waals surface area contributed by atoms with Gasteiger partial charge < -0.3 is 5.73 Å². The summed E-state index contributed by atoms with van der Waals surface area (Å²) in [6, 6.07) is 4.38. The van der Waals surface area contributed by atoms with Crippen molar-refractivity contribution in [3.63, 3.8) is 0 Å². The second-order valence-corrected chi connectivity index (χ2v) is 2.54. The molecule has 0 fully saturated rings. The second-order valence-electron chi connectivity index (χ2n) is 1.98. The van der Waals surface area contributed by atoms with Gasteiger partial charge in [-0.2, -0.15) is 0 Å². The summed E-state index contributed by atoms with van der Waals surface area (Å²) in [6.45, 7) is 0. The maximum Gasteiger partial charge on any atom is 0.125 e. The SMILES string of the molecule is Br.Nc1cc(F)ccc1CBr. The molecule has 0 radical (unpaired) electrons. The van der Waals surface area contributed by atoms with Gasteiger partial charge in [0.25, 0.3) is 0 Å². The molecule has 0 spiro atoms. The number of hydrogen-bond donors (Lipinski definition) is 1. The summed E-state index contributed by atoms with van der Waals surface area (Å²) in [4.78, 5) is 0. The van der Waals surface area contributed by atoms with E-state index in [1.165, 1.54) is 12.1 Å². The Morgan fingerprint density at radius 1 is 1.45 bits per heavy atom. The molecular formula is C7H8Br2FN. The molecule has 2 N–H and O–H groups in total. The van der Waals surface area contributed by atoms with E-state index in [0.717, 1.165) is 5.56 Å². The van der Waals surface area contributed by atoms with E-state index in [4.69, 9.17) is 5.73 Å². The summed E-state index contributed by atoms with van der Waals surface area (Å²) in [5.41, 5.74) is 6.88. The van der Waals surface area contributed by atoms with Crippen molar-refractivity contribution in [2.24, 2.45) is 0 Å². The van der Waals surface area contributed by atoms with Crippen LogP contribution in [0.4, 0.5) is 10.1 Å². The smallest absolute Gasteiger partial charge is 0.125 e. The van der Waals surface area contributed by atoms with Crippen molar-refractivity contribution in [3.8, 4) is 0 Å². The minimum absolute atomic E-state index is 0. The summed E-state index contributed by atoms with van der Waals surface area (Å²) in [6.07, 6.45) is 0. The maximum absolute atomic E-state index is 12.4. The van der Waals surface area contributed by atoms with Crippen LogP contribution in [0.25, 0.3) is 0 Å². The monoisotopic (exact) mass is 283 g/mol. The number of hydrogen-bond acceptors (Lipinski definition) is 1. The average Bonchev–Trinajstić information content (AvgIpc) is 1.88. The fourth-order valence-electron chi connectivity index (χ4n) is 0.687. The molecule has 0 aliphatic carbocycles. The Balaban J connectivity index is 0.000001000. The van der Waals surface area contributed by atoms with E-state index in [1.807, 2.05) is 0 Å². The zero-order chi connectivity index (χ0) is 7.56. The minimum Gasteiger partial charge on any atom is -0.398 e. The molecule has 1 nitrogen and oxygen atoms in total. The van der Waals surface area contributed by atoms with Gasteiger partial charge in [-0.1, -0.05) is 22.0 Å². The second kappa shape index (κ2) is 4.72. The molecule has 4 heteroatoms. The topological polar surface area (TPSA) is 26.0 Å². The van der Waals surface area contributed by atoms with E-state index >= 15 is 0 Å². The van der Waals surface area contributed by atoms with Crippen molar-refractivity contribution in [1.29, 1.82) is 0 Å². The minimum atomic E-state index is -0.290. The van der Waals surface area contributed by atoms with Crippen molar-refractivity contribution < 1.29 is 4.39 Å². The number of nitrogen functional groups attached to an aromatic ring is 1. The molecule has 0 aliphatic heterocycles. The van der Waals surface area contributed by atoms with Crippen LogP contribution in [0.2, 0.25) is 0 Å². The predicted octanol–water partition coefficient (Wildman–Crippen LogP) is 2.88. The van der Waals surface area contributed by atoms with Crippen LogP contribution in [0.5, 0.6) is 0 Å². The molecule has 1 aromatic carbocycles. The van der Waals surface area contributed by atoms with Crippen LogP contribution < -0.4 is 5.73 Å². The third kappa shape index (κ3) is 2.79.